The molecule has 0 aliphatic rings. The fourth-order valence-corrected chi connectivity index (χ4v) is 1.36. The van der Waals surface area contributed by atoms with Crippen molar-refractivity contribution in [2.45, 2.75) is 45.6 Å². The molecule has 0 saturated carbocycles. The highest BCUT2D eigenvalue weighted by atomic mass is 16.6. The van der Waals surface area contributed by atoms with Crippen LogP contribution in [0.3, 0.4) is 0 Å². The second-order valence-electron chi connectivity index (χ2n) is 5.00. The molecule has 0 saturated heterocycles. The molecular formula is C12H21N3O2. The van der Waals surface area contributed by atoms with Crippen molar-refractivity contribution >= 4 is 6.09 Å². The normalized spacial score (nSPS) is 11.5. The Morgan fingerprint density at radius 2 is 2.18 bits per heavy atom. The number of nitrogens with two attached hydrogens (primary N) is 1. The van der Waals surface area contributed by atoms with Crippen molar-refractivity contribution in [1.82, 2.24) is 9.55 Å². The highest BCUT2D eigenvalue weighted by molar-refractivity contribution is 5.70. The molecule has 0 atom stereocenters. The van der Waals surface area contributed by atoms with Crippen LogP contribution in [0.25, 0.3) is 0 Å². The maximum Gasteiger partial charge on any atom is 0.419 e. The van der Waals surface area contributed by atoms with Crippen LogP contribution >= 0.6 is 0 Å². The number of aryl methyl sites for hydroxylation is 1. The molecule has 0 aliphatic heterocycles. The van der Waals surface area contributed by atoms with Gasteiger partial charge in [-0.1, -0.05) is 0 Å². The van der Waals surface area contributed by atoms with Gasteiger partial charge in [0, 0.05) is 6.20 Å². The van der Waals surface area contributed by atoms with Crippen LogP contribution in [0.4, 0.5) is 4.79 Å². The molecule has 0 bridgehead atoms. The monoisotopic (exact) mass is 239 g/mol. The van der Waals surface area contributed by atoms with E-state index in [1.807, 2.05) is 20.8 Å². The Balaban J connectivity index is 2.52. The summed E-state index contributed by atoms with van der Waals surface area (Å²) in [5, 5.41) is 0. The van der Waals surface area contributed by atoms with Crippen LogP contribution in [0, 0.1) is 0 Å². The fraction of sp³-hybridized carbons (Fsp3) is 0.667. The molecule has 0 radical (unpaired) electrons. The zero-order chi connectivity index (χ0) is 12.9. The predicted molar refractivity (Wildman–Crippen MR) is 65.9 cm³/mol. The highest BCUT2D eigenvalue weighted by Gasteiger charge is 2.17. The lowest BCUT2D eigenvalue weighted by atomic mass is 10.2. The van der Waals surface area contributed by atoms with Crippen molar-refractivity contribution in [3.05, 3.63) is 18.2 Å². The maximum atomic E-state index is 11.7. The number of hydrogen-bond donors (Lipinski definition) is 1. The number of rotatable bonds is 4. The van der Waals surface area contributed by atoms with E-state index in [4.69, 9.17) is 10.5 Å². The first kappa shape index (κ1) is 13.7. The summed E-state index contributed by atoms with van der Waals surface area (Å²) in [6.45, 7) is 6.20. The largest absolute Gasteiger partial charge is 0.443 e. The first-order valence-electron chi connectivity index (χ1n) is 5.88. The number of imidazole rings is 1. The van der Waals surface area contributed by atoms with Crippen molar-refractivity contribution in [2.75, 3.05) is 6.54 Å². The molecule has 2 N–H and O–H groups in total. The van der Waals surface area contributed by atoms with Gasteiger partial charge in [0.25, 0.3) is 0 Å². The van der Waals surface area contributed by atoms with E-state index >= 15 is 0 Å². The summed E-state index contributed by atoms with van der Waals surface area (Å²) < 4.78 is 6.60. The number of carbonyl (C=O) groups excluding carboxylic acids is 1. The predicted octanol–water partition coefficient (Wildman–Crippen LogP) is 1.95. The molecule has 0 aromatic carbocycles. The van der Waals surface area contributed by atoms with Crippen LogP contribution in [0.5, 0.6) is 0 Å². The summed E-state index contributed by atoms with van der Waals surface area (Å²) >= 11 is 0. The average Bonchev–Trinajstić information content (AvgIpc) is 2.64. The molecule has 0 aliphatic carbocycles. The van der Waals surface area contributed by atoms with Crippen LogP contribution in [-0.4, -0.2) is 27.8 Å². The quantitative estimate of drug-likeness (QED) is 0.815. The lowest BCUT2D eigenvalue weighted by molar-refractivity contribution is 0.0536. The van der Waals surface area contributed by atoms with Crippen molar-refractivity contribution in [3.8, 4) is 0 Å². The zero-order valence-electron chi connectivity index (χ0n) is 10.8. The Hall–Kier alpha value is -1.36. The van der Waals surface area contributed by atoms with E-state index in [0.29, 0.717) is 6.54 Å². The van der Waals surface area contributed by atoms with Crippen LogP contribution in [0.1, 0.15) is 39.3 Å². The fourth-order valence-electron chi connectivity index (χ4n) is 1.36. The summed E-state index contributed by atoms with van der Waals surface area (Å²) in [6, 6.07) is 0. The summed E-state index contributed by atoms with van der Waals surface area (Å²) in [5.74, 6) is 0. The Bertz CT molecular complexity index is 366. The van der Waals surface area contributed by atoms with Gasteiger partial charge in [-0.2, -0.15) is 0 Å². The van der Waals surface area contributed by atoms with E-state index in [9.17, 15) is 4.79 Å². The number of hydrogen-bond acceptors (Lipinski definition) is 4. The molecule has 0 fully saturated rings. The minimum Gasteiger partial charge on any atom is -0.443 e. The average molecular weight is 239 g/mol. The van der Waals surface area contributed by atoms with Crippen molar-refractivity contribution in [2.24, 2.45) is 5.73 Å². The number of unbranched alkanes of at least 4 members (excludes halogenated alkanes) is 1. The third-order valence-electron chi connectivity index (χ3n) is 2.13. The van der Waals surface area contributed by atoms with Crippen LogP contribution < -0.4 is 5.73 Å². The number of nitrogens with zero attached hydrogens (tertiary/aromatic N) is 2. The Morgan fingerprint density at radius 1 is 1.47 bits per heavy atom. The maximum absolute atomic E-state index is 11.7. The lowest BCUT2D eigenvalue weighted by Crippen LogP contribution is -2.26. The molecular weight excluding hydrogens is 218 g/mol. The summed E-state index contributed by atoms with van der Waals surface area (Å²) in [5.41, 5.74) is 5.82. The van der Waals surface area contributed by atoms with Gasteiger partial charge >= 0.3 is 6.09 Å². The molecule has 1 rings (SSSR count). The Kier molecular flexibility index (Phi) is 4.69. The van der Waals surface area contributed by atoms with Gasteiger partial charge in [0.2, 0.25) is 0 Å². The summed E-state index contributed by atoms with van der Waals surface area (Å²) in [7, 11) is 0. The molecule has 0 unspecified atom stereocenters. The van der Waals surface area contributed by atoms with Gasteiger partial charge in [-0.25, -0.2) is 14.3 Å². The van der Waals surface area contributed by atoms with Gasteiger partial charge in [0.15, 0.2) is 0 Å². The van der Waals surface area contributed by atoms with E-state index in [2.05, 4.69) is 4.98 Å². The molecule has 1 aromatic heterocycles. The Labute approximate surface area is 102 Å². The molecule has 0 spiro atoms. The third-order valence-corrected chi connectivity index (χ3v) is 2.13. The second kappa shape index (κ2) is 5.82. The van der Waals surface area contributed by atoms with Gasteiger partial charge in [-0.05, 0) is 46.6 Å². The minimum atomic E-state index is -0.485. The molecule has 0 amide bonds. The number of carbonyl (C=O) groups is 1. The van der Waals surface area contributed by atoms with E-state index in [1.165, 1.54) is 10.9 Å². The lowest BCUT2D eigenvalue weighted by Gasteiger charge is -2.19. The van der Waals surface area contributed by atoms with Crippen molar-refractivity contribution < 1.29 is 9.53 Å². The van der Waals surface area contributed by atoms with Crippen molar-refractivity contribution in [3.63, 3.8) is 0 Å². The zero-order valence-corrected chi connectivity index (χ0v) is 10.8. The van der Waals surface area contributed by atoms with Gasteiger partial charge in [-0.3, -0.25) is 0 Å². The summed E-state index contributed by atoms with van der Waals surface area (Å²) in [6.07, 6.45) is 5.61. The smallest absolute Gasteiger partial charge is 0.419 e. The highest BCUT2D eigenvalue weighted by Crippen LogP contribution is 2.10. The topological polar surface area (TPSA) is 70.1 Å². The SMILES string of the molecule is CC(C)(C)OC(=O)n1cnc(CCCCN)c1. The van der Waals surface area contributed by atoms with Gasteiger partial charge in [-0.15, -0.1) is 0 Å². The van der Waals surface area contributed by atoms with E-state index < -0.39 is 11.7 Å². The molecule has 1 heterocycles. The second-order valence-corrected chi connectivity index (χ2v) is 5.00. The Morgan fingerprint density at radius 3 is 2.76 bits per heavy atom. The van der Waals surface area contributed by atoms with E-state index in [-0.39, 0.29) is 0 Å². The molecule has 5 heteroatoms. The molecule has 5 nitrogen and oxygen atoms in total. The van der Waals surface area contributed by atoms with E-state index in [0.717, 1.165) is 25.0 Å². The van der Waals surface area contributed by atoms with Crippen LogP contribution in [0.2, 0.25) is 0 Å². The third kappa shape index (κ3) is 4.99. The van der Waals surface area contributed by atoms with Gasteiger partial charge in [0.05, 0.1) is 5.69 Å². The molecule has 17 heavy (non-hydrogen) atoms. The first-order chi connectivity index (χ1) is 7.92. The van der Waals surface area contributed by atoms with Gasteiger partial charge in [0.1, 0.15) is 11.9 Å². The minimum absolute atomic E-state index is 0.393. The standard InChI is InChI=1S/C12H21N3O2/c1-12(2,3)17-11(16)15-8-10(14-9-15)6-4-5-7-13/h8-9H,4-7,13H2,1-3H3. The van der Waals surface area contributed by atoms with E-state index in [1.54, 1.807) is 6.20 Å². The first-order valence-corrected chi connectivity index (χ1v) is 5.88. The van der Waals surface area contributed by atoms with Gasteiger partial charge < -0.3 is 10.5 Å². The molecule has 1 aromatic rings. The van der Waals surface area contributed by atoms with Crippen LogP contribution in [0.15, 0.2) is 12.5 Å². The number of ether oxygens (including phenoxy) is 1. The van der Waals surface area contributed by atoms with Crippen molar-refractivity contribution in [1.29, 1.82) is 0 Å². The summed E-state index contributed by atoms with van der Waals surface area (Å²) in [4.78, 5) is 15.8. The molecule has 96 valence electrons. The van der Waals surface area contributed by atoms with Crippen LogP contribution in [-0.2, 0) is 11.2 Å². The number of aromatic nitrogens is 2.